The van der Waals surface area contributed by atoms with Crippen LogP contribution < -0.4 is 4.90 Å². The number of nitrogens with zero attached hydrogens (tertiary/aromatic N) is 3. The van der Waals surface area contributed by atoms with Gasteiger partial charge in [0, 0.05) is 31.7 Å². The second-order valence-corrected chi connectivity index (χ2v) is 10.3. The zero-order chi connectivity index (χ0) is 22.8. The number of hydrogen-bond acceptors (Lipinski definition) is 5. The van der Waals surface area contributed by atoms with Gasteiger partial charge >= 0.3 is 0 Å². The lowest BCUT2D eigenvalue weighted by Crippen LogP contribution is -2.39. The van der Waals surface area contributed by atoms with E-state index in [9.17, 15) is 4.79 Å². The van der Waals surface area contributed by atoms with E-state index in [1.807, 2.05) is 11.0 Å². The SMILES string of the molecule is Cc1ccc(C)c2sc(N(CCCN3CCOCC3)C(=O)c3ccc4c(c3)CCCC4)nc12. The van der Waals surface area contributed by atoms with E-state index in [4.69, 9.17) is 9.72 Å². The number of benzene rings is 2. The number of carbonyl (C=O) groups is 1. The van der Waals surface area contributed by atoms with E-state index in [-0.39, 0.29) is 5.91 Å². The molecule has 33 heavy (non-hydrogen) atoms. The third-order valence-corrected chi connectivity index (χ3v) is 8.18. The maximum Gasteiger partial charge on any atom is 0.260 e. The second kappa shape index (κ2) is 9.92. The van der Waals surface area contributed by atoms with Crippen molar-refractivity contribution < 1.29 is 9.53 Å². The van der Waals surface area contributed by atoms with Crippen molar-refractivity contribution >= 4 is 32.6 Å². The Labute approximate surface area is 200 Å². The summed E-state index contributed by atoms with van der Waals surface area (Å²) < 4.78 is 6.66. The highest BCUT2D eigenvalue weighted by Crippen LogP contribution is 2.34. The van der Waals surface area contributed by atoms with Crippen LogP contribution in [-0.2, 0) is 17.6 Å². The maximum atomic E-state index is 13.8. The number of aryl methyl sites for hydroxylation is 4. The van der Waals surface area contributed by atoms with E-state index >= 15 is 0 Å². The Balaban J connectivity index is 1.43. The van der Waals surface area contributed by atoms with Gasteiger partial charge in [-0.05, 0) is 80.3 Å². The van der Waals surface area contributed by atoms with Crippen LogP contribution in [0.5, 0.6) is 0 Å². The first-order chi connectivity index (χ1) is 16.1. The summed E-state index contributed by atoms with van der Waals surface area (Å²) in [7, 11) is 0. The van der Waals surface area contributed by atoms with E-state index in [1.54, 1.807) is 11.3 Å². The summed E-state index contributed by atoms with van der Waals surface area (Å²) in [6.45, 7) is 9.40. The molecule has 0 atom stereocenters. The largest absolute Gasteiger partial charge is 0.379 e. The van der Waals surface area contributed by atoms with Gasteiger partial charge in [0.1, 0.15) is 0 Å². The molecule has 0 radical (unpaired) electrons. The molecule has 0 saturated carbocycles. The first kappa shape index (κ1) is 22.5. The second-order valence-electron chi connectivity index (χ2n) is 9.33. The molecule has 0 spiro atoms. The smallest absolute Gasteiger partial charge is 0.260 e. The van der Waals surface area contributed by atoms with Crippen molar-refractivity contribution in [1.29, 1.82) is 0 Å². The van der Waals surface area contributed by atoms with Crippen LogP contribution in [0.25, 0.3) is 10.2 Å². The van der Waals surface area contributed by atoms with Gasteiger partial charge in [-0.25, -0.2) is 4.98 Å². The third kappa shape index (κ3) is 4.84. The Bertz CT molecular complexity index is 1110. The number of morpholine rings is 1. The van der Waals surface area contributed by atoms with Gasteiger partial charge in [0.2, 0.25) is 0 Å². The maximum absolute atomic E-state index is 13.8. The van der Waals surface area contributed by atoms with Gasteiger partial charge in [-0.1, -0.05) is 29.5 Å². The lowest BCUT2D eigenvalue weighted by Gasteiger charge is -2.28. The minimum absolute atomic E-state index is 0.0692. The number of ether oxygens (including phenoxy) is 1. The summed E-state index contributed by atoms with van der Waals surface area (Å²) in [5, 5.41) is 0.812. The van der Waals surface area contributed by atoms with Crippen LogP contribution >= 0.6 is 11.3 Å². The fourth-order valence-electron chi connectivity index (χ4n) is 4.95. The van der Waals surface area contributed by atoms with Crippen molar-refractivity contribution in [1.82, 2.24) is 9.88 Å². The van der Waals surface area contributed by atoms with Gasteiger partial charge in [-0.3, -0.25) is 14.6 Å². The minimum atomic E-state index is 0.0692. The van der Waals surface area contributed by atoms with Crippen LogP contribution in [-0.4, -0.2) is 55.2 Å². The van der Waals surface area contributed by atoms with Gasteiger partial charge in [0.25, 0.3) is 5.91 Å². The first-order valence-corrected chi connectivity index (χ1v) is 13.0. The van der Waals surface area contributed by atoms with Crippen LogP contribution in [0.2, 0.25) is 0 Å². The summed E-state index contributed by atoms with van der Waals surface area (Å²) in [5.74, 6) is 0.0692. The lowest BCUT2D eigenvalue weighted by molar-refractivity contribution is 0.0376. The highest BCUT2D eigenvalue weighted by molar-refractivity contribution is 7.22. The Morgan fingerprint density at radius 2 is 1.82 bits per heavy atom. The molecule has 2 heterocycles. The standard InChI is InChI=1S/C27H33N3O2S/c1-19-8-9-20(2)25-24(19)28-27(33-25)30(13-5-12-29-14-16-32-17-15-29)26(31)23-11-10-21-6-3-4-7-22(21)18-23/h8-11,18H,3-7,12-17H2,1-2H3. The summed E-state index contributed by atoms with van der Waals surface area (Å²) >= 11 is 1.64. The van der Waals surface area contributed by atoms with Crippen LogP contribution in [0.4, 0.5) is 5.13 Å². The molecule has 174 valence electrons. The van der Waals surface area contributed by atoms with Crippen molar-refractivity contribution in [2.75, 3.05) is 44.3 Å². The number of hydrogen-bond donors (Lipinski definition) is 0. The van der Waals surface area contributed by atoms with Crippen molar-refractivity contribution in [2.24, 2.45) is 0 Å². The molecule has 1 fully saturated rings. The molecule has 1 aromatic heterocycles. The molecule has 0 bridgehead atoms. The number of anilines is 1. The fraction of sp³-hybridized carbons (Fsp3) is 0.481. The predicted octanol–water partition coefficient (Wildman–Crippen LogP) is 5.16. The zero-order valence-corrected chi connectivity index (χ0v) is 20.5. The molecule has 1 saturated heterocycles. The Morgan fingerprint density at radius 3 is 2.61 bits per heavy atom. The Hall–Kier alpha value is -2.28. The quantitative estimate of drug-likeness (QED) is 0.507. The highest BCUT2D eigenvalue weighted by Gasteiger charge is 2.24. The molecule has 6 heteroatoms. The van der Waals surface area contributed by atoms with Crippen molar-refractivity contribution in [3.05, 3.63) is 58.1 Å². The molecule has 2 aliphatic rings. The molecule has 5 nitrogen and oxygen atoms in total. The number of fused-ring (bicyclic) bond motifs is 2. The number of carbonyl (C=O) groups excluding carboxylic acids is 1. The van der Waals surface area contributed by atoms with Crippen LogP contribution in [0.3, 0.4) is 0 Å². The molecule has 1 aliphatic carbocycles. The molecule has 3 aromatic rings. The predicted molar refractivity (Wildman–Crippen MR) is 136 cm³/mol. The lowest BCUT2D eigenvalue weighted by atomic mass is 9.90. The van der Waals surface area contributed by atoms with E-state index < -0.39 is 0 Å². The first-order valence-electron chi connectivity index (χ1n) is 12.2. The number of amides is 1. The molecule has 1 amide bonds. The molecule has 5 rings (SSSR count). The topological polar surface area (TPSA) is 45.7 Å². The summed E-state index contributed by atoms with van der Waals surface area (Å²) in [4.78, 5) is 23.1. The van der Waals surface area contributed by atoms with E-state index in [2.05, 4.69) is 43.0 Å². The Kier molecular flexibility index (Phi) is 6.76. The number of rotatable bonds is 6. The Morgan fingerprint density at radius 1 is 1.06 bits per heavy atom. The molecule has 1 aliphatic heterocycles. The van der Waals surface area contributed by atoms with Gasteiger partial charge in [-0.2, -0.15) is 0 Å². The van der Waals surface area contributed by atoms with Gasteiger partial charge < -0.3 is 4.74 Å². The van der Waals surface area contributed by atoms with Gasteiger partial charge in [0.15, 0.2) is 5.13 Å². The molecular formula is C27H33N3O2S. The average molecular weight is 464 g/mol. The van der Waals surface area contributed by atoms with Crippen molar-refractivity contribution in [3.63, 3.8) is 0 Å². The van der Waals surface area contributed by atoms with Crippen molar-refractivity contribution in [3.8, 4) is 0 Å². The summed E-state index contributed by atoms with van der Waals surface area (Å²) in [6.07, 6.45) is 5.59. The van der Waals surface area contributed by atoms with E-state index in [1.165, 1.54) is 34.2 Å². The molecular weight excluding hydrogens is 430 g/mol. The van der Waals surface area contributed by atoms with E-state index in [0.717, 1.165) is 73.9 Å². The molecule has 0 N–H and O–H groups in total. The average Bonchev–Trinajstić information content (AvgIpc) is 3.31. The monoisotopic (exact) mass is 463 g/mol. The van der Waals surface area contributed by atoms with Crippen LogP contribution in [0.15, 0.2) is 30.3 Å². The number of aromatic nitrogens is 1. The highest BCUT2D eigenvalue weighted by atomic mass is 32.1. The van der Waals surface area contributed by atoms with Crippen LogP contribution in [0.1, 0.15) is 51.9 Å². The summed E-state index contributed by atoms with van der Waals surface area (Å²) in [6, 6.07) is 10.6. The normalized spacial score (nSPS) is 16.7. The number of thiazole rings is 1. The molecule has 0 unspecified atom stereocenters. The zero-order valence-electron chi connectivity index (χ0n) is 19.7. The van der Waals surface area contributed by atoms with Crippen molar-refractivity contribution in [2.45, 2.75) is 46.0 Å². The van der Waals surface area contributed by atoms with Crippen LogP contribution in [0, 0.1) is 13.8 Å². The third-order valence-electron chi connectivity index (χ3n) is 6.96. The minimum Gasteiger partial charge on any atom is -0.379 e. The van der Waals surface area contributed by atoms with E-state index in [0.29, 0.717) is 6.54 Å². The molecule has 2 aromatic carbocycles. The fourth-order valence-corrected chi connectivity index (χ4v) is 6.08. The van der Waals surface area contributed by atoms with Gasteiger partial charge in [0.05, 0.1) is 23.4 Å². The van der Waals surface area contributed by atoms with Gasteiger partial charge in [-0.15, -0.1) is 0 Å². The summed E-state index contributed by atoms with van der Waals surface area (Å²) in [5.41, 5.74) is 6.93.